The maximum Gasteiger partial charge on any atom is 0.416 e. The van der Waals surface area contributed by atoms with E-state index >= 15 is 0 Å². The number of ether oxygens (including phenoxy) is 1. The summed E-state index contributed by atoms with van der Waals surface area (Å²) in [6, 6.07) is 9.12. The molecule has 6 heteroatoms. The molecule has 2 rings (SSSR count). The molecule has 0 aliphatic rings. The summed E-state index contributed by atoms with van der Waals surface area (Å²) >= 11 is 3.15. The van der Waals surface area contributed by atoms with Crippen molar-refractivity contribution in [1.29, 1.82) is 0 Å². The summed E-state index contributed by atoms with van der Waals surface area (Å²) in [6.07, 6.45) is -3.93. The van der Waals surface area contributed by atoms with Crippen LogP contribution in [0.2, 0.25) is 0 Å². The van der Waals surface area contributed by atoms with Crippen LogP contribution < -0.4 is 4.74 Å². The molecular formula is C15H11BrF4O. The van der Waals surface area contributed by atoms with Gasteiger partial charge in [0.2, 0.25) is 0 Å². The third kappa shape index (κ3) is 4.46. The van der Waals surface area contributed by atoms with E-state index in [4.69, 9.17) is 4.74 Å². The summed E-state index contributed by atoms with van der Waals surface area (Å²) in [7, 11) is 0. The molecule has 112 valence electrons. The first-order valence-electron chi connectivity index (χ1n) is 6.10. The van der Waals surface area contributed by atoms with Gasteiger partial charge in [0.15, 0.2) is 0 Å². The SMILES string of the molecule is Fc1ccc(CCOc2cc(C(F)(F)F)ccc2Br)cc1. The van der Waals surface area contributed by atoms with Gasteiger partial charge in [0.25, 0.3) is 0 Å². The fraction of sp³-hybridized carbons (Fsp3) is 0.200. The maximum absolute atomic E-state index is 12.7. The van der Waals surface area contributed by atoms with E-state index in [0.29, 0.717) is 10.9 Å². The normalized spacial score (nSPS) is 11.5. The Kier molecular flexibility index (Phi) is 4.88. The number of rotatable bonds is 4. The van der Waals surface area contributed by atoms with Crippen molar-refractivity contribution in [1.82, 2.24) is 0 Å². The van der Waals surface area contributed by atoms with Crippen LogP contribution in [0.3, 0.4) is 0 Å². The molecule has 0 fully saturated rings. The lowest BCUT2D eigenvalue weighted by Crippen LogP contribution is -2.07. The van der Waals surface area contributed by atoms with Gasteiger partial charge in [-0.2, -0.15) is 13.2 Å². The molecule has 0 unspecified atom stereocenters. The Morgan fingerprint density at radius 3 is 2.29 bits per heavy atom. The summed E-state index contributed by atoms with van der Waals surface area (Å²) in [4.78, 5) is 0. The van der Waals surface area contributed by atoms with Crippen LogP contribution >= 0.6 is 15.9 Å². The minimum Gasteiger partial charge on any atom is -0.492 e. The third-order valence-corrected chi connectivity index (χ3v) is 3.48. The highest BCUT2D eigenvalue weighted by Gasteiger charge is 2.31. The van der Waals surface area contributed by atoms with E-state index in [0.717, 1.165) is 17.7 Å². The van der Waals surface area contributed by atoms with Crippen LogP contribution in [-0.4, -0.2) is 6.61 Å². The Labute approximate surface area is 127 Å². The predicted molar refractivity (Wildman–Crippen MR) is 74.7 cm³/mol. The van der Waals surface area contributed by atoms with Crippen LogP contribution in [-0.2, 0) is 12.6 Å². The van der Waals surface area contributed by atoms with E-state index in [2.05, 4.69) is 15.9 Å². The smallest absolute Gasteiger partial charge is 0.416 e. The topological polar surface area (TPSA) is 9.23 Å². The molecule has 2 aromatic carbocycles. The average Bonchev–Trinajstić information content (AvgIpc) is 2.42. The Hall–Kier alpha value is -1.56. The van der Waals surface area contributed by atoms with Gasteiger partial charge in [-0.15, -0.1) is 0 Å². The fourth-order valence-corrected chi connectivity index (χ4v) is 2.08. The Morgan fingerprint density at radius 2 is 1.67 bits per heavy atom. The third-order valence-electron chi connectivity index (χ3n) is 2.82. The second-order valence-electron chi connectivity index (χ2n) is 4.37. The second-order valence-corrected chi connectivity index (χ2v) is 5.22. The van der Waals surface area contributed by atoms with E-state index in [1.54, 1.807) is 12.1 Å². The summed E-state index contributed by atoms with van der Waals surface area (Å²) < 4.78 is 56.4. The zero-order valence-electron chi connectivity index (χ0n) is 10.8. The molecule has 0 bridgehead atoms. The van der Waals surface area contributed by atoms with Crippen molar-refractivity contribution >= 4 is 15.9 Å². The summed E-state index contributed by atoms with van der Waals surface area (Å²) in [5, 5.41) is 0. The molecule has 0 N–H and O–H groups in total. The van der Waals surface area contributed by atoms with Gasteiger partial charge in [0.1, 0.15) is 11.6 Å². The summed E-state index contributed by atoms with van der Waals surface area (Å²) in [6.45, 7) is 0.200. The first kappa shape index (κ1) is 15.8. The highest BCUT2D eigenvalue weighted by Crippen LogP contribution is 2.35. The highest BCUT2D eigenvalue weighted by molar-refractivity contribution is 9.10. The minimum atomic E-state index is -4.41. The predicted octanol–water partition coefficient (Wildman–Crippen LogP) is 5.23. The molecule has 0 saturated carbocycles. The molecule has 0 saturated heterocycles. The molecule has 2 aromatic rings. The first-order chi connectivity index (χ1) is 9.86. The number of hydrogen-bond donors (Lipinski definition) is 0. The maximum atomic E-state index is 12.7. The molecule has 0 radical (unpaired) electrons. The quantitative estimate of drug-likeness (QED) is 0.676. The van der Waals surface area contributed by atoms with Crippen molar-refractivity contribution in [3.8, 4) is 5.75 Å². The van der Waals surface area contributed by atoms with Crippen LogP contribution in [0.25, 0.3) is 0 Å². The van der Waals surface area contributed by atoms with Crippen LogP contribution in [0, 0.1) is 5.82 Å². The zero-order valence-corrected chi connectivity index (χ0v) is 12.3. The monoisotopic (exact) mass is 362 g/mol. The van der Waals surface area contributed by atoms with E-state index in [9.17, 15) is 17.6 Å². The molecule has 0 aliphatic heterocycles. The van der Waals surface area contributed by atoms with Crippen molar-refractivity contribution in [3.63, 3.8) is 0 Å². The van der Waals surface area contributed by atoms with E-state index < -0.39 is 11.7 Å². The molecule has 0 amide bonds. The highest BCUT2D eigenvalue weighted by atomic mass is 79.9. The fourth-order valence-electron chi connectivity index (χ4n) is 1.72. The van der Waals surface area contributed by atoms with E-state index in [1.165, 1.54) is 18.2 Å². The summed E-state index contributed by atoms with van der Waals surface area (Å²) in [5.41, 5.74) is 0.0852. The molecule has 1 nitrogen and oxygen atoms in total. The molecule has 0 aliphatic carbocycles. The molecule has 0 spiro atoms. The van der Waals surface area contributed by atoms with Crippen LogP contribution in [0.5, 0.6) is 5.75 Å². The molecular weight excluding hydrogens is 352 g/mol. The standard InChI is InChI=1S/C15H11BrF4O/c16-13-6-3-11(15(18,19)20)9-14(13)21-8-7-10-1-4-12(17)5-2-10/h1-6,9H,7-8H2. The Balaban J connectivity index is 2.01. The molecule has 0 heterocycles. The molecule has 0 aromatic heterocycles. The van der Waals surface area contributed by atoms with Crippen LogP contribution in [0.4, 0.5) is 17.6 Å². The van der Waals surface area contributed by atoms with Gasteiger partial charge in [-0.3, -0.25) is 0 Å². The number of hydrogen-bond acceptors (Lipinski definition) is 1. The Bertz CT molecular complexity index is 608. The van der Waals surface area contributed by atoms with Crippen molar-refractivity contribution in [2.24, 2.45) is 0 Å². The number of halogens is 5. The van der Waals surface area contributed by atoms with Crippen molar-refractivity contribution < 1.29 is 22.3 Å². The first-order valence-corrected chi connectivity index (χ1v) is 6.89. The van der Waals surface area contributed by atoms with E-state index in [1.807, 2.05) is 0 Å². The largest absolute Gasteiger partial charge is 0.492 e. The van der Waals surface area contributed by atoms with Crippen molar-refractivity contribution in [2.75, 3.05) is 6.61 Å². The Morgan fingerprint density at radius 1 is 1.00 bits per heavy atom. The minimum absolute atomic E-state index is 0.131. The molecule has 21 heavy (non-hydrogen) atoms. The van der Waals surface area contributed by atoms with E-state index in [-0.39, 0.29) is 18.2 Å². The van der Waals surface area contributed by atoms with Gasteiger partial charge >= 0.3 is 6.18 Å². The lowest BCUT2D eigenvalue weighted by Gasteiger charge is -2.12. The average molecular weight is 363 g/mol. The van der Waals surface area contributed by atoms with Crippen molar-refractivity contribution in [2.45, 2.75) is 12.6 Å². The molecule has 0 atom stereocenters. The lowest BCUT2D eigenvalue weighted by atomic mass is 10.1. The van der Waals surface area contributed by atoms with Gasteiger partial charge in [0, 0.05) is 6.42 Å². The van der Waals surface area contributed by atoms with Crippen LogP contribution in [0.1, 0.15) is 11.1 Å². The number of benzene rings is 2. The second kappa shape index (κ2) is 6.47. The van der Waals surface area contributed by atoms with Crippen LogP contribution in [0.15, 0.2) is 46.9 Å². The number of alkyl halides is 3. The van der Waals surface area contributed by atoms with Gasteiger partial charge in [0.05, 0.1) is 16.6 Å². The summed E-state index contributed by atoms with van der Waals surface area (Å²) in [5.74, 6) is -0.202. The zero-order chi connectivity index (χ0) is 15.5. The van der Waals surface area contributed by atoms with Gasteiger partial charge < -0.3 is 4.74 Å². The van der Waals surface area contributed by atoms with Gasteiger partial charge in [-0.1, -0.05) is 12.1 Å². The van der Waals surface area contributed by atoms with Gasteiger partial charge in [-0.25, -0.2) is 4.39 Å². The van der Waals surface area contributed by atoms with Gasteiger partial charge in [-0.05, 0) is 51.8 Å². The lowest BCUT2D eigenvalue weighted by molar-refractivity contribution is -0.137. The van der Waals surface area contributed by atoms with Crippen molar-refractivity contribution in [3.05, 3.63) is 63.9 Å².